The third-order valence-corrected chi connectivity index (χ3v) is 3.44. The first-order chi connectivity index (χ1) is 10.2. The molecular weight excluding hydrogens is 262 g/mol. The first-order valence-electron chi connectivity index (χ1n) is 7.94. The summed E-state index contributed by atoms with van der Waals surface area (Å²) < 4.78 is 5.84. The van der Waals surface area contributed by atoms with Gasteiger partial charge in [0.1, 0.15) is 12.4 Å². The van der Waals surface area contributed by atoms with Gasteiger partial charge in [-0.2, -0.15) is 0 Å². The number of rotatable bonds is 11. The van der Waals surface area contributed by atoms with Crippen molar-refractivity contribution >= 4 is 0 Å². The van der Waals surface area contributed by atoms with Crippen LogP contribution in [0.15, 0.2) is 24.3 Å². The molecule has 0 radical (unpaired) electrons. The zero-order chi connectivity index (χ0) is 15.5. The highest BCUT2D eigenvalue weighted by Gasteiger charge is 2.04. The molecule has 1 aromatic carbocycles. The van der Waals surface area contributed by atoms with E-state index < -0.39 is 0 Å². The second-order valence-corrected chi connectivity index (χ2v) is 5.68. The number of ether oxygens (including phenoxy) is 1. The van der Waals surface area contributed by atoms with E-state index >= 15 is 0 Å². The Kier molecular flexibility index (Phi) is 9.06. The second kappa shape index (κ2) is 10.6. The molecule has 21 heavy (non-hydrogen) atoms. The summed E-state index contributed by atoms with van der Waals surface area (Å²) in [6.07, 6.45) is 2.11. The molecule has 0 saturated carbocycles. The van der Waals surface area contributed by atoms with Gasteiger partial charge in [-0.3, -0.25) is 4.90 Å². The van der Waals surface area contributed by atoms with Gasteiger partial charge in [0.05, 0.1) is 0 Å². The predicted molar refractivity (Wildman–Crippen MR) is 90.0 cm³/mol. The minimum Gasteiger partial charge on any atom is -0.492 e. The molecule has 0 unspecified atom stereocenters. The predicted octanol–water partition coefficient (Wildman–Crippen LogP) is 1.84. The quantitative estimate of drug-likeness (QED) is 0.676. The highest BCUT2D eigenvalue weighted by molar-refractivity contribution is 5.27. The Morgan fingerprint density at radius 1 is 1.00 bits per heavy atom. The fraction of sp³-hybridized carbons (Fsp3) is 0.647. The van der Waals surface area contributed by atoms with Crippen LogP contribution in [0.5, 0.6) is 5.75 Å². The third-order valence-electron chi connectivity index (χ3n) is 3.44. The van der Waals surface area contributed by atoms with Crippen LogP contribution in [0.2, 0.25) is 0 Å². The van der Waals surface area contributed by atoms with Gasteiger partial charge in [-0.25, -0.2) is 0 Å². The van der Waals surface area contributed by atoms with Crippen molar-refractivity contribution in [2.45, 2.75) is 19.8 Å². The Morgan fingerprint density at radius 2 is 1.71 bits per heavy atom. The molecule has 0 aliphatic heterocycles. The molecule has 0 aliphatic carbocycles. The minimum absolute atomic E-state index is 0.693. The van der Waals surface area contributed by atoms with Gasteiger partial charge in [-0.05, 0) is 57.7 Å². The van der Waals surface area contributed by atoms with Crippen LogP contribution in [-0.4, -0.2) is 63.2 Å². The Morgan fingerprint density at radius 3 is 2.29 bits per heavy atom. The number of hydrogen-bond donors (Lipinski definition) is 1. The van der Waals surface area contributed by atoms with Crippen molar-refractivity contribution < 1.29 is 4.74 Å². The van der Waals surface area contributed by atoms with Gasteiger partial charge in [0.15, 0.2) is 0 Å². The second-order valence-electron chi connectivity index (χ2n) is 5.68. The standard InChI is InChI=1S/C17H31N3O/c1-4-11-20(13-12-19(2)3)14-15-21-17-7-5-16(6-8-17)9-10-18/h5-8H,4,9-15,18H2,1-3H3. The molecule has 0 saturated heterocycles. The first-order valence-corrected chi connectivity index (χ1v) is 7.94. The van der Waals surface area contributed by atoms with Crippen molar-refractivity contribution in [1.29, 1.82) is 0 Å². The van der Waals surface area contributed by atoms with Gasteiger partial charge >= 0.3 is 0 Å². The van der Waals surface area contributed by atoms with E-state index in [2.05, 4.69) is 43.0 Å². The number of nitrogens with two attached hydrogens (primary N) is 1. The van der Waals surface area contributed by atoms with Crippen molar-refractivity contribution in [1.82, 2.24) is 9.80 Å². The molecule has 4 nitrogen and oxygen atoms in total. The van der Waals surface area contributed by atoms with Gasteiger partial charge in [-0.15, -0.1) is 0 Å². The molecule has 0 aliphatic rings. The van der Waals surface area contributed by atoms with Crippen LogP contribution in [0.4, 0.5) is 0 Å². The lowest BCUT2D eigenvalue weighted by molar-refractivity contribution is 0.194. The Bertz CT molecular complexity index is 365. The molecule has 1 aromatic rings. The van der Waals surface area contributed by atoms with E-state index in [0.29, 0.717) is 6.54 Å². The monoisotopic (exact) mass is 293 g/mol. The van der Waals surface area contributed by atoms with Crippen molar-refractivity contribution in [3.05, 3.63) is 29.8 Å². The average Bonchev–Trinajstić information content (AvgIpc) is 2.47. The number of likely N-dealkylation sites (N-methyl/N-ethyl adjacent to an activating group) is 1. The van der Waals surface area contributed by atoms with Crippen LogP contribution in [0.25, 0.3) is 0 Å². The van der Waals surface area contributed by atoms with Gasteiger partial charge in [0, 0.05) is 19.6 Å². The lowest BCUT2D eigenvalue weighted by atomic mass is 10.1. The van der Waals surface area contributed by atoms with E-state index in [1.807, 2.05) is 12.1 Å². The van der Waals surface area contributed by atoms with Gasteiger partial charge in [-0.1, -0.05) is 19.1 Å². The molecule has 0 heterocycles. The zero-order valence-electron chi connectivity index (χ0n) is 13.8. The van der Waals surface area contributed by atoms with Crippen LogP contribution < -0.4 is 10.5 Å². The summed E-state index contributed by atoms with van der Waals surface area (Å²) in [6, 6.07) is 8.26. The van der Waals surface area contributed by atoms with Crippen LogP contribution in [0.3, 0.4) is 0 Å². The maximum absolute atomic E-state index is 5.84. The van der Waals surface area contributed by atoms with Crippen molar-refractivity contribution in [3.8, 4) is 5.75 Å². The van der Waals surface area contributed by atoms with E-state index in [0.717, 1.165) is 45.0 Å². The van der Waals surface area contributed by atoms with E-state index in [4.69, 9.17) is 10.5 Å². The molecular formula is C17H31N3O. The van der Waals surface area contributed by atoms with Crippen LogP contribution >= 0.6 is 0 Å². The summed E-state index contributed by atoms with van der Waals surface area (Å²) in [7, 11) is 4.23. The van der Waals surface area contributed by atoms with E-state index in [1.165, 1.54) is 12.0 Å². The van der Waals surface area contributed by atoms with Crippen LogP contribution in [-0.2, 0) is 6.42 Å². The van der Waals surface area contributed by atoms with Gasteiger partial charge in [0.25, 0.3) is 0 Å². The smallest absolute Gasteiger partial charge is 0.119 e. The first kappa shape index (κ1) is 18.0. The van der Waals surface area contributed by atoms with Crippen molar-refractivity contribution in [2.75, 3.05) is 53.4 Å². The highest BCUT2D eigenvalue weighted by Crippen LogP contribution is 2.12. The minimum atomic E-state index is 0.693. The molecule has 0 atom stereocenters. The Balaban J connectivity index is 2.31. The Labute approximate surface area is 129 Å². The molecule has 0 aromatic heterocycles. The summed E-state index contributed by atoms with van der Waals surface area (Å²) in [5.74, 6) is 0.944. The maximum atomic E-state index is 5.84. The molecule has 120 valence electrons. The van der Waals surface area contributed by atoms with Gasteiger partial charge in [0.2, 0.25) is 0 Å². The molecule has 4 heteroatoms. The normalized spacial score (nSPS) is 11.3. The molecule has 1 rings (SSSR count). The topological polar surface area (TPSA) is 41.7 Å². The van der Waals surface area contributed by atoms with Gasteiger partial charge < -0.3 is 15.4 Å². The molecule has 0 fully saturated rings. The number of nitrogens with zero attached hydrogens (tertiary/aromatic N) is 2. The fourth-order valence-corrected chi connectivity index (χ4v) is 2.20. The average molecular weight is 293 g/mol. The number of benzene rings is 1. The van der Waals surface area contributed by atoms with Crippen LogP contribution in [0, 0.1) is 0 Å². The van der Waals surface area contributed by atoms with E-state index in [9.17, 15) is 0 Å². The summed E-state index contributed by atoms with van der Waals surface area (Å²) in [6.45, 7) is 7.95. The summed E-state index contributed by atoms with van der Waals surface area (Å²) in [5.41, 5.74) is 6.82. The van der Waals surface area contributed by atoms with Crippen molar-refractivity contribution in [3.63, 3.8) is 0 Å². The molecule has 0 amide bonds. The summed E-state index contributed by atoms with van der Waals surface area (Å²) in [5, 5.41) is 0. The Hall–Kier alpha value is -1.10. The zero-order valence-corrected chi connectivity index (χ0v) is 13.8. The third kappa shape index (κ3) is 8.05. The lowest BCUT2D eigenvalue weighted by Crippen LogP contribution is -2.35. The van der Waals surface area contributed by atoms with E-state index in [1.54, 1.807) is 0 Å². The molecule has 0 spiro atoms. The SMILES string of the molecule is CCCN(CCOc1ccc(CCN)cc1)CCN(C)C. The summed E-state index contributed by atoms with van der Waals surface area (Å²) in [4.78, 5) is 4.68. The lowest BCUT2D eigenvalue weighted by Gasteiger charge is -2.23. The largest absolute Gasteiger partial charge is 0.492 e. The maximum Gasteiger partial charge on any atom is 0.119 e. The molecule has 0 bridgehead atoms. The highest BCUT2D eigenvalue weighted by atomic mass is 16.5. The number of hydrogen-bond acceptors (Lipinski definition) is 4. The van der Waals surface area contributed by atoms with E-state index in [-0.39, 0.29) is 0 Å². The summed E-state index contributed by atoms with van der Waals surface area (Å²) >= 11 is 0. The fourth-order valence-electron chi connectivity index (χ4n) is 2.20. The van der Waals surface area contributed by atoms with Crippen molar-refractivity contribution in [2.24, 2.45) is 5.73 Å². The molecule has 2 N–H and O–H groups in total. The van der Waals surface area contributed by atoms with Crippen LogP contribution in [0.1, 0.15) is 18.9 Å².